The minimum absolute atomic E-state index is 0.0351. The van der Waals surface area contributed by atoms with E-state index in [0.29, 0.717) is 28.6 Å². The Morgan fingerprint density at radius 1 is 1.27 bits per heavy atom. The highest BCUT2D eigenvalue weighted by atomic mass is 32.2. The van der Waals surface area contributed by atoms with E-state index in [1.54, 1.807) is 10.6 Å². The Morgan fingerprint density at radius 3 is 2.63 bits per heavy atom. The zero-order valence-electron chi connectivity index (χ0n) is 16.0. The largest absolute Gasteiger partial charge is 0.497 e. The van der Waals surface area contributed by atoms with Gasteiger partial charge >= 0.3 is 0 Å². The number of carbonyl (C=O) groups excluding carboxylic acids is 1. The van der Waals surface area contributed by atoms with Crippen LogP contribution >= 0.6 is 11.3 Å². The highest BCUT2D eigenvalue weighted by Crippen LogP contribution is 2.37. The summed E-state index contributed by atoms with van der Waals surface area (Å²) in [5, 5.41) is 0. The molecule has 0 radical (unpaired) electrons. The Kier molecular flexibility index (Phi) is 5.35. The number of hydrogen-bond donors (Lipinski definition) is 0. The summed E-state index contributed by atoms with van der Waals surface area (Å²) in [5.74, 6) is 0.271. The molecule has 1 aliphatic rings. The summed E-state index contributed by atoms with van der Waals surface area (Å²) < 4.78 is 43.6. The van der Waals surface area contributed by atoms with Gasteiger partial charge in [-0.1, -0.05) is 17.4 Å². The normalized spacial score (nSPS) is 13.6. The molecule has 0 N–H and O–H groups in total. The number of allylic oxidation sites excluding steroid dienone is 1. The van der Waals surface area contributed by atoms with Crippen molar-refractivity contribution in [2.45, 2.75) is 11.4 Å². The molecule has 1 amide bonds. The Bertz CT molecular complexity index is 1300. The second kappa shape index (κ2) is 7.96. The fourth-order valence-electron chi connectivity index (χ4n) is 3.02. The Balaban J connectivity index is 1.68. The molecule has 3 aromatic rings. The molecule has 0 saturated carbocycles. The number of fused-ring (bicyclic) bond motifs is 2. The number of methoxy groups -OCH3 is 1. The zero-order chi connectivity index (χ0) is 21.3. The average Bonchev–Trinajstić information content (AvgIpc) is 3.30. The van der Waals surface area contributed by atoms with E-state index in [-0.39, 0.29) is 11.7 Å². The van der Waals surface area contributed by atoms with Crippen LogP contribution in [-0.4, -0.2) is 38.5 Å². The minimum atomic E-state index is -3.83. The first-order valence-corrected chi connectivity index (χ1v) is 11.4. The number of amides is 1. The average molecular weight is 447 g/mol. The van der Waals surface area contributed by atoms with Crippen LogP contribution in [0.3, 0.4) is 0 Å². The van der Waals surface area contributed by atoms with E-state index < -0.39 is 21.5 Å². The highest BCUT2D eigenvalue weighted by Gasteiger charge is 2.21. The van der Waals surface area contributed by atoms with E-state index in [0.717, 1.165) is 10.2 Å². The van der Waals surface area contributed by atoms with E-state index >= 15 is 0 Å². The van der Waals surface area contributed by atoms with E-state index in [1.807, 2.05) is 12.1 Å². The molecule has 0 atom stereocenters. The van der Waals surface area contributed by atoms with Gasteiger partial charge in [0, 0.05) is 18.7 Å². The van der Waals surface area contributed by atoms with Crippen LogP contribution in [0.15, 0.2) is 58.9 Å². The van der Waals surface area contributed by atoms with Crippen molar-refractivity contribution in [3.63, 3.8) is 0 Å². The standard InChI is InChI=1S/C20H18N2O6S2/c1-3-8-22-15-9-16-17(28-12-27-16)10-18(15)29-20(22)21-19(23)11-30(24,25)14-6-4-13(26-2)5-7-14/h3-7,9-10H,1,8,11-12H2,2H3. The number of thiazole rings is 1. The molecule has 1 aliphatic heterocycles. The van der Waals surface area contributed by atoms with Gasteiger partial charge in [0.05, 0.1) is 22.2 Å². The summed E-state index contributed by atoms with van der Waals surface area (Å²) in [6.45, 7) is 4.30. The number of aromatic nitrogens is 1. The van der Waals surface area contributed by atoms with Crippen molar-refractivity contribution in [3.05, 3.63) is 53.9 Å². The number of carbonyl (C=O) groups is 1. The Labute approximate surface area is 176 Å². The first-order valence-electron chi connectivity index (χ1n) is 8.89. The number of sulfone groups is 1. The first-order chi connectivity index (χ1) is 14.4. The van der Waals surface area contributed by atoms with Gasteiger partial charge in [0.2, 0.25) is 6.79 Å². The van der Waals surface area contributed by atoms with Gasteiger partial charge in [-0.3, -0.25) is 4.79 Å². The predicted molar refractivity (Wildman–Crippen MR) is 112 cm³/mol. The van der Waals surface area contributed by atoms with E-state index in [1.165, 1.54) is 42.7 Å². The van der Waals surface area contributed by atoms with Crippen LogP contribution in [-0.2, 0) is 21.2 Å². The monoisotopic (exact) mass is 446 g/mol. The van der Waals surface area contributed by atoms with Gasteiger partial charge in [-0.15, -0.1) is 6.58 Å². The number of hydrogen-bond acceptors (Lipinski definition) is 7. The van der Waals surface area contributed by atoms with Gasteiger partial charge < -0.3 is 18.8 Å². The van der Waals surface area contributed by atoms with Gasteiger partial charge in [0.15, 0.2) is 26.1 Å². The van der Waals surface area contributed by atoms with Gasteiger partial charge in [0.1, 0.15) is 11.5 Å². The lowest BCUT2D eigenvalue weighted by atomic mass is 10.3. The zero-order valence-corrected chi connectivity index (χ0v) is 17.7. The third-order valence-corrected chi connectivity index (χ3v) is 7.10. The number of nitrogens with zero attached hydrogens (tertiary/aromatic N) is 2. The maximum atomic E-state index is 12.6. The Hall–Kier alpha value is -3.11. The maximum absolute atomic E-state index is 12.6. The van der Waals surface area contributed by atoms with E-state index in [4.69, 9.17) is 14.2 Å². The molecule has 2 aromatic carbocycles. The molecule has 0 bridgehead atoms. The quantitative estimate of drug-likeness (QED) is 0.540. The molecule has 0 aliphatic carbocycles. The summed E-state index contributed by atoms with van der Waals surface area (Å²) in [5.41, 5.74) is 0.800. The fraction of sp³-hybridized carbons (Fsp3) is 0.200. The second-order valence-corrected chi connectivity index (χ2v) is 9.40. The van der Waals surface area contributed by atoms with Crippen molar-refractivity contribution >= 4 is 37.3 Å². The lowest BCUT2D eigenvalue weighted by Crippen LogP contribution is -2.20. The van der Waals surface area contributed by atoms with Gasteiger partial charge in [-0.05, 0) is 24.3 Å². The van der Waals surface area contributed by atoms with Gasteiger partial charge in [-0.2, -0.15) is 4.99 Å². The smallest absolute Gasteiger partial charge is 0.263 e. The maximum Gasteiger partial charge on any atom is 0.263 e. The van der Waals surface area contributed by atoms with Crippen LogP contribution in [0.25, 0.3) is 10.2 Å². The van der Waals surface area contributed by atoms with Crippen molar-refractivity contribution in [2.75, 3.05) is 19.7 Å². The fourth-order valence-corrected chi connectivity index (χ4v) is 5.19. The highest BCUT2D eigenvalue weighted by molar-refractivity contribution is 7.92. The third-order valence-electron chi connectivity index (χ3n) is 4.44. The molecule has 0 spiro atoms. The first kappa shape index (κ1) is 20.2. The Morgan fingerprint density at radius 2 is 1.97 bits per heavy atom. The lowest BCUT2D eigenvalue weighted by Gasteiger charge is -2.04. The molecule has 1 aromatic heterocycles. The van der Waals surface area contributed by atoms with Gasteiger partial charge in [0.25, 0.3) is 5.91 Å². The number of benzene rings is 2. The molecule has 2 heterocycles. The van der Waals surface area contributed by atoms with E-state index in [2.05, 4.69) is 11.6 Å². The molecule has 30 heavy (non-hydrogen) atoms. The molecule has 4 rings (SSSR count). The topological polar surface area (TPSA) is 96.2 Å². The second-order valence-electron chi connectivity index (χ2n) is 6.40. The van der Waals surface area contributed by atoms with Crippen molar-refractivity contribution in [1.29, 1.82) is 0 Å². The van der Waals surface area contributed by atoms with Crippen LogP contribution in [0.2, 0.25) is 0 Å². The summed E-state index contributed by atoms with van der Waals surface area (Å²) in [6, 6.07) is 9.50. The van der Waals surface area contributed by atoms with Gasteiger partial charge in [-0.25, -0.2) is 8.42 Å². The van der Waals surface area contributed by atoms with Crippen LogP contribution in [0.1, 0.15) is 0 Å². The molecule has 156 valence electrons. The number of rotatable bonds is 6. The van der Waals surface area contributed by atoms with Crippen molar-refractivity contribution in [2.24, 2.45) is 4.99 Å². The van der Waals surface area contributed by atoms with Crippen LogP contribution < -0.4 is 19.0 Å². The summed E-state index contributed by atoms with van der Waals surface area (Å²) >= 11 is 1.27. The van der Waals surface area contributed by atoms with Crippen molar-refractivity contribution < 1.29 is 27.4 Å². The van der Waals surface area contributed by atoms with Crippen LogP contribution in [0, 0.1) is 0 Å². The van der Waals surface area contributed by atoms with E-state index in [9.17, 15) is 13.2 Å². The predicted octanol–water partition coefficient (Wildman–Crippen LogP) is 2.53. The molecule has 10 heteroatoms. The molecule has 0 unspecified atom stereocenters. The summed E-state index contributed by atoms with van der Waals surface area (Å²) in [6.07, 6.45) is 1.67. The molecule has 0 fully saturated rings. The van der Waals surface area contributed by atoms with Crippen LogP contribution in [0.5, 0.6) is 17.2 Å². The minimum Gasteiger partial charge on any atom is -0.497 e. The third kappa shape index (κ3) is 3.83. The molecular weight excluding hydrogens is 428 g/mol. The summed E-state index contributed by atoms with van der Waals surface area (Å²) in [7, 11) is -2.34. The SMILES string of the molecule is C=CCn1c(=NC(=O)CS(=O)(=O)c2ccc(OC)cc2)sc2cc3c(cc21)OCO3. The van der Waals surface area contributed by atoms with Crippen molar-refractivity contribution in [1.82, 2.24) is 4.57 Å². The lowest BCUT2D eigenvalue weighted by molar-refractivity contribution is -0.115. The van der Waals surface area contributed by atoms with Crippen LogP contribution in [0.4, 0.5) is 0 Å². The van der Waals surface area contributed by atoms with Crippen molar-refractivity contribution in [3.8, 4) is 17.2 Å². The summed E-state index contributed by atoms with van der Waals surface area (Å²) in [4.78, 5) is 17.0. The number of ether oxygens (including phenoxy) is 3. The molecule has 0 saturated heterocycles. The molecular formula is C20H18N2O6S2. The molecule has 8 nitrogen and oxygen atoms in total.